The number of hydrogen-bond acceptors (Lipinski definition) is 6. The zero-order valence-corrected chi connectivity index (χ0v) is 12.3. The monoisotopic (exact) mass is 297 g/mol. The second-order valence-electron chi connectivity index (χ2n) is 3.95. The van der Waals surface area contributed by atoms with Crippen LogP contribution in [-0.4, -0.2) is 30.7 Å². The minimum Gasteiger partial charge on any atom is -0.480 e. The highest BCUT2D eigenvalue weighted by molar-refractivity contribution is 6.29. The lowest BCUT2D eigenvalue weighted by molar-refractivity contribution is 0.352. The molecule has 20 heavy (non-hydrogen) atoms. The van der Waals surface area contributed by atoms with Crippen molar-refractivity contribution < 1.29 is 13.9 Å². The van der Waals surface area contributed by atoms with Crippen molar-refractivity contribution in [3.8, 4) is 11.8 Å². The van der Waals surface area contributed by atoms with Crippen LogP contribution in [0.4, 0.5) is 0 Å². The molecule has 1 N–H and O–H groups in total. The second kappa shape index (κ2) is 6.58. The van der Waals surface area contributed by atoms with Gasteiger partial charge in [0.1, 0.15) is 5.69 Å². The SMILES string of the molecule is CCNC(c1ccoc1Cl)c1ncc(OC)nc1OC. The topological polar surface area (TPSA) is 69.4 Å². The lowest BCUT2D eigenvalue weighted by atomic mass is 10.1. The van der Waals surface area contributed by atoms with E-state index in [1.165, 1.54) is 26.7 Å². The number of aromatic nitrogens is 2. The summed E-state index contributed by atoms with van der Waals surface area (Å²) in [5, 5.41) is 3.60. The number of ether oxygens (including phenoxy) is 2. The molecule has 0 radical (unpaired) electrons. The fraction of sp³-hybridized carbons (Fsp3) is 0.385. The first-order valence-electron chi connectivity index (χ1n) is 6.12. The Hall–Kier alpha value is -1.79. The van der Waals surface area contributed by atoms with Gasteiger partial charge in [-0.1, -0.05) is 6.92 Å². The Morgan fingerprint density at radius 1 is 1.40 bits per heavy atom. The average molecular weight is 298 g/mol. The molecule has 0 saturated carbocycles. The van der Waals surface area contributed by atoms with E-state index < -0.39 is 0 Å². The lowest BCUT2D eigenvalue weighted by Gasteiger charge is -2.18. The van der Waals surface area contributed by atoms with Gasteiger partial charge in [-0.05, 0) is 24.2 Å². The van der Waals surface area contributed by atoms with E-state index in [0.29, 0.717) is 22.7 Å². The molecule has 2 aromatic rings. The predicted octanol–water partition coefficient (Wildman–Crippen LogP) is 2.44. The molecule has 0 spiro atoms. The number of furan rings is 1. The van der Waals surface area contributed by atoms with Gasteiger partial charge in [-0.15, -0.1) is 0 Å². The predicted molar refractivity (Wildman–Crippen MR) is 74.4 cm³/mol. The summed E-state index contributed by atoms with van der Waals surface area (Å²) in [6.45, 7) is 2.72. The summed E-state index contributed by atoms with van der Waals surface area (Å²) in [5.41, 5.74) is 1.41. The summed E-state index contributed by atoms with van der Waals surface area (Å²) in [6.07, 6.45) is 3.07. The molecule has 0 aliphatic rings. The van der Waals surface area contributed by atoms with Crippen molar-refractivity contribution in [1.29, 1.82) is 0 Å². The van der Waals surface area contributed by atoms with E-state index in [4.69, 9.17) is 25.5 Å². The van der Waals surface area contributed by atoms with Gasteiger partial charge in [-0.2, -0.15) is 4.98 Å². The summed E-state index contributed by atoms with van der Waals surface area (Å²) in [7, 11) is 3.06. The molecule has 2 rings (SSSR count). The van der Waals surface area contributed by atoms with Crippen molar-refractivity contribution in [2.75, 3.05) is 20.8 Å². The molecule has 108 valence electrons. The number of hydrogen-bond donors (Lipinski definition) is 1. The van der Waals surface area contributed by atoms with Crippen LogP contribution in [0.1, 0.15) is 24.2 Å². The van der Waals surface area contributed by atoms with E-state index in [0.717, 1.165) is 12.1 Å². The molecule has 7 heteroatoms. The van der Waals surface area contributed by atoms with E-state index in [2.05, 4.69) is 15.3 Å². The van der Waals surface area contributed by atoms with Gasteiger partial charge < -0.3 is 19.2 Å². The molecular formula is C13H16ClN3O3. The zero-order chi connectivity index (χ0) is 14.5. The quantitative estimate of drug-likeness (QED) is 0.883. The Labute approximate surface area is 122 Å². The van der Waals surface area contributed by atoms with Gasteiger partial charge in [0.2, 0.25) is 11.8 Å². The lowest BCUT2D eigenvalue weighted by Crippen LogP contribution is -2.23. The Kier molecular flexibility index (Phi) is 4.81. The normalized spacial score (nSPS) is 12.2. The maximum atomic E-state index is 6.05. The first-order chi connectivity index (χ1) is 9.71. The standard InChI is InChI=1S/C13H16ClN3O3/c1-4-15-10(8-5-6-20-12(8)14)11-13(19-3)17-9(18-2)7-16-11/h5-7,10,15H,4H2,1-3H3. The number of methoxy groups -OCH3 is 2. The van der Waals surface area contributed by atoms with Crippen molar-refractivity contribution >= 4 is 11.6 Å². The van der Waals surface area contributed by atoms with Crippen molar-refractivity contribution in [1.82, 2.24) is 15.3 Å². The Bertz CT molecular complexity index is 574. The molecule has 0 aliphatic carbocycles. The maximum absolute atomic E-state index is 6.05. The Morgan fingerprint density at radius 2 is 2.20 bits per heavy atom. The summed E-state index contributed by atoms with van der Waals surface area (Å²) in [4.78, 5) is 8.59. The number of rotatable bonds is 6. The second-order valence-corrected chi connectivity index (χ2v) is 4.29. The van der Waals surface area contributed by atoms with Crippen LogP contribution in [0.3, 0.4) is 0 Å². The first kappa shape index (κ1) is 14.6. The molecule has 0 amide bonds. The molecule has 0 saturated heterocycles. The van der Waals surface area contributed by atoms with Gasteiger partial charge in [0, 0.05) is 5.56 Å². The van der Waals surface area contributed by atoms with E-state index in [9.17, 15) is 0 Å². The van der Waals surface area contributed by atoms with Crippen LogP contribution in [0.5, 0.6) is 11.8 Å². The van der Waals surface area contributed by atoms with Crippen LogP contribution in [0.2, 0.25) is 5.22 Å². The molecule has 2 aromatic heterocycles. The molecule has 0 bridgehead atoms. The number of nitrogens with one attached hydrogen (secondary N) is 1. The fourth-order valence-corrected chi connectivity index (χ4v) is 2.10. The van der Waals surface area contributed by atoms with Gasteiger partial charge >= 0.3 is 0 Å². The minimum absolute atomic E-state index is 0.264. The van der Waals surface area contributed by atoms with E-state index in [1.807, 2.05) is 6.92 Å². The third-order valence-electron chi connectivity index (χ3n) is 2.79. The Balaban J connectivity index is 2.46. The smallest absolute Gasteiger partial charge is 0.240 e. The van der Waals surface area contributed by atoms with E-state index in [1.54, 1.807) is 6.07 Å². The van der Waals surface area contributed by atoms with E-state index in [-0.39, 0.29) is 6.04 Å². The largest absolute Gasteiger partial charge is 0.480 e. The van der Waals surface area contributed by atoms with Gasteiger partial charge in [0.05, 0.1) is 32.7 Å². The third-order valence-corrected chi connectivity index (χ3v) is 3.09. The van der Waals surface area contributed by atoms with Crippen molar-refractivity contribution in [3.05, 3.63) is 35.0 Å². The molecule has 2 heterocycles. The van der Waals surface area contributed by atoms with Crippen molar-refractivity contribution in [3.63, 3.8) is 0 Å². The van der Waals surface area contributed by atoms with Gasteiger partial charge in [0.25, 0.3) is 0 Å². The average Bonchev–Trinajstić information content (AvgIpc) is 2.90. The van der Waals surface area contributed by atoms with Crippen LogP contribution in [0, 0.1) is 0 Å². The Morgan fingerprint density at radius 3 is 2.75 bits per heavy atom. The summed E-state index contributed by atoms with van der Waals surface area (Å²) < 4.78 is 15.5. The van der Waals surface area contributed by atoms with Crippen LogP contribution in [-0.2, 0) is 0 Å². The summed E-state index contributed by atoms with van der Waals surface area (Å²) in [5.74, 6) is 0.770. The minimum atomic E-state index is -0.264. The summed E-state index contributed by atoms with van der Waals surface area (Å²) in [6, 6.07) is 1.53. The molecule has 1 unspecified atom stereocenters. The summed E-state index contributed by atoms with van der Waals surface area (Å²) >= 11 is 6.05. The van der Waals surface area contributed by atoms with Gasteiger partial charge in [-0.25, -0.2) is 4.98 Å². The molecule has 0 fully saturated rings. The third kappa shape index (κ3) is 2.86. The zero-order valence-electron chi connectivity index (χ0n) is 11.5. The highest BCUT2D eigenvalue weighted by atomic mass is 35.5. The fourth-order valence-electron chi connectivity index (χ4n) is 1.88. The van der Waals surface area contributed by atoms with Crippen LogP contribution in [0.15, 0.2) is 22.9 Å². The number of nitrogens with zero attached hydrogens (tertiary/aromatic N) is 2. The van der Waals surface area contributed by atoms with Crippen LogP contribution >= 0.6 is 11.6 Å². The van der Waals surface area contributed by atoms with Crippen LogP contribution < -0.4 is 14.8 Å². The van der Waals surface area contributed by atoms with Crippen molar-refractivity contribution in [2.24, 2.45) is 0 Å². The molecule has 0 aromatic carbocycles. The van der Waals surface area contributed by atoms with Gasteiger partial charge in [-0.3, -0.25) is 0 Å². The van der Waals surface area contributed by atoms with Gasteiger partial charge in [0.15, 0.2) is 5.22 Å². The first-order valence-corrected chi connectivity index (χ1v) is 6.50. The molecule has 0 aliphatic heterocycles. The van der Waals surface area contributed by atoms with Crippen molar-refractivity contribution in [2.45, 2.75) is 13.0 Å². The molecule has 6 nitrogen and oxygen atoms in total. The molecular weight excluding hydrogens is 282 g/mol. The van der Waals surface area contributed by atoms with E-state index >= 15 is 0 Å². The molecule has 1 atom stereocenters. The number of halogens is 1. The maximum Gasteiger partial charge on any atom is 0.240 e. The van der Waals surface area contributed by atoms with Crippen LogP contribution in [0.25, 0.3) is 0 Å². The highest BCUT2D eigenvalue weighted by Gasteiger charge is 2.24. The highest BCUT2D eigenvalue weighted by Crippen LogP contribution is 2.32.